The van der Waals surface area contributed by atoms with Gasteiger partial charge in [-0.15, -0.1) is 12.4 Å². The number of aryl methyl sites for hydroxylation is 1. The lowest BCUT2D eigenvalue weighted by Crippen LogP contribution is -2.44. The number of nitrogens with two attached hydrogens (primary N) is 1. The number of amides is 2. The molecule has 2 unspecified atom stereocenters. The summed E-state index contributed by atoms with van der Waals surface area (Å²) in [7, 11) is 0. The van der Waals surface area contributed by atoms with E-state index in [2.05, 4.69) is 15.6 Å². The van der Waals surface area contributed by atoms with Gasteiger partial charge in [0.25, 0.3) is 0 Å². The lowest BCUT2D eigenvalue weighted by atomic mass is 9.78. The highest BCUT2D eigenvalue weighted by atomic mass is 35.5. The molecule has 0 aliphatic heterocycles. The number of halogens is 2. The minimum atomic E-state index is -0.118. The Bertz CT molecular complexity index is 933. The maximum Gasteiger partial charge on any atom is 0.227 e. The summed E-state index contributed by atoms with van der Waals surface area (Å²) in [6, 6.07) is 9.26. The molecule has 1 aromatic heterocycles. The molecule has 1 heterocycles. The predicted molar refractivity (Wildman–Crippen MR) is 129 cm³/mol. The molecule has 0 bridgehead atoms. The summed E-state index contributed by atoms with van der Waals surface area (Å²) in [4.78, 5) is 29.2. The Kier molecular flexibility index (Phi) is 8.51. The molecular weight excluding hydrogens is 447 g/mol. The molecule has 2 amide bonds. The molecule has 1 aromatic carbocycles. The number of pyridine rings is 1. The summed E-state index contributed by atoms with van der Waals surface area (Å²) in [6.07, 6.45) is 8.46. The van der Waals surface area contributed by atoms with E-state index < -0.39 is 0 Å². The average Bonchev–Trinajstić information content (AvgIpc) is 3.21. The normalized spacial score (nSPS) is 22.9. The number of carbonyl (C=O) groups is 2. The molecule has 4 N–H and O–H groups in total. The second kappa shape index (κ2) is 11.1. The van der Waals surface area contributed by atoms with E-state index >= 15 is 0 Å². The zero-order chi connectivity index (χ0) is 21.8. The molecular formula is C24H30Cl2N4O2. The van der Waals surface area contributed by atoms with Gasteiger partial charge in [-0.1, -0.05) is 17.7 Å². The van der Waals surface area contributed by atoms with E-state index in [0.717, 1.165) is 49.8 Å². The van der Waals surface area contributed by atoms with Crippen LogP contribution in [0.15, 0.2) is 42.7 Å². The molecule has 2 atom stereocenters. The largest absolute Gasteiger partial charge is 0.354 e. The number of anilines is 1. The lowest BCUT2D eigenvalue weighted by Gasteiger charge is -2.31. The van der Waals surface area contributed by atoms with Gasteiger partial charge in [-0.25, -0.2) is 0 Å². The molecule has 1 fully saturated rings. The monoisotopic (exact) mass is 476 g/mol. The van der Waals surface area contributed by atoms with E-state index in [1.54, 1.807) is 24.5 Å². The van der Waals surface area contributed by atoms with E-state index in [1.165, 1.54) is 5.56 Å². The number of nitrogens with zero attached hydrogens (tertiary/aromatic N) is 1. The van der Waals surface area contributed by atoms with Crippen molar-refractivity contribution in [1.29, 1.82) is 0 Å². The molecule has 172 valence electrons. The summed E-state index contributed by atoms with van der Waals surface area (Å²) in [5, 5.41) is 6.74. The van der Waals surface area contributed by atoms with E-state index in [0.29, 0.717) is 17.5 Å². The van der Waals surface area contributed by atoms with Crippen LogP contribution in [0.4, 0.5) is 5.69 Å². The standard InChI is InChI=1S/C24H29ClN4O2.ClH/c25-18-6-8-20-17(13-18)5-7-21(20)24(31)28-14-22(26)15-1-3-16(4-2-15)23(30)29-19-9-11-27-12-10-19;/h6,8-13,15-16,21-22H,1-5,7,14,26H2,(H,28,31)(H,27,29,30);1H. The Morgan fingerprint density at radius 3 is 2.50 bits per heavy atom. The van der Waals surface area contributed by atoms with Crippen LogP contribution in [-0.2, 0) is 16.0 Å². The van der Waals surface area contributed by atoms with E-state index in [-0.39, 0.29) is 42.1 Å². The molecule has 6 nitrogen and oxygen atoms in total. The van der Waals surface area contributed by atoms with Crippen LogP contribution in [0.2, 0.25) is 5.02 Å². The fraction of sp³-hybridized carbons (Fsp3) is 0.458. The second-order valence-corrected chi connectivity index (χ2v) is 9.12. The van der Waals surface area contributed by atoms with Gasteiger partial charge in [0.1, 0.15) is 0 Å². The Hall–Kier alpha value is -2.15. The van der Waals surface area contributed by atoms with Crippen LogP contribution in [-0.4, -0.2) is 29.4 Å². The lowest BCUT2D eigenvalue weighted by molar-refractivity contribution is -0.122. The van der Waals surface area contributed by atoms with Crippen LogP contribution in [0.25, 0.3) is 0 Å². The highest BCUT2D eigenvalue weighted by molar-refractivity contribution is 6.30. The van der Waals surface area contributed by atoms with Crippen molar-refractivity contribution in [2.45, 2.75) is 50.5 Å². The van der Waals surface area contributed by atoms with Gasteiger partial charge in [-0.2, -0.15) is 0 Å². The zero-order valence-corrected chi connectivity index (χ0v) is 19.5. The summed E-state index contributed by atoms with van der Waals surface area (Å²) in [5.41, 5.74) is 9.44. The van der Waals surface area contributed by atoms with Crippen molar-refractivity contribution < 1.29 is 9.59 Å². The van der Waals surface area contributed by atoms with Gasteiger partial charge < -0.3 is 16.4 Å². The topological polar surface area (TPSA) is 97.1 Å². The van der Waals surface area contributed by atoms with Gasteiger partial charge in [0.15, 0.2) is 0 Å². The number of hydrogen-bond donors (Lipinski definition) is 3. The average molecular weight is 477 g/mol. The van der Waals surface area contributed by atoms with Gasteiger partial charge >= 0.3 is 0 Å². The van der Waals surface area contributed by atoms with Crippen molar-refractivity contribution >= 4 is 41.5 Å². The fourth-order valence-electron chi connectivity index (χ4n) is 4.86. The smallest absolute Gasteiger partial charge is 0.227 e. The first-order valence-corrected chi connectivity index (χ1v) is 11.4. The molecule has 2 aliphatic rings. The van der Waals surface area contributed by atoms with Crippen molar-refractivity contribution in [1.82, 2.24) is 10.3 Å². The summed E-state index contributed by atoms with van der Waals surface area (Å²) in [5.74, 6) is 0.313. The van der Waals surface area contributed by atoms with Gasteiger partial charge in [0, 0.05) is 41.6 Å². The summed E-state index contributed by atoms with van der Waals surface area (Å²) >= 11 is 6.06. The maximum absolute atomic E-state index is 12.7. The molecule has 4 rings (SSSR count). The third-order valence-electron chi connectivity index (χ3n) is 6.71. The molecule has 0 radical (unpaired) electrons. The third-order valence-corrected chi connectivity index (χ3v) is 6.94. The van der Waals surface area contributed by atoms with Gasteiger partial charge in [0.05, 0.1) is 5.92 Å². The fourth-order valence-corrected chi connectivity index (χ4v) is 5.05. The Labute approximate surface area is 200 Å². The summed E-state index contributed by atoms with van der Waals surface area (Å²) < 4.78 is 0. The van der Waals surface area contributed by atoms with Crippen LogP contribution in [0.3, 0.4) is 0 Å². The quantitative estimate of drug-likeness (QED) is 0.584. The van der Waals surface area contributed by atoms with Crippen LogP contribution in [0.5, 0.6) is 0 Å². The second-order valence-electron chi connectivity index (χ2n) is 8.68. The molecule has 8 heteroatoms. The Balaban J connectivity index is 0.00000289. The minimum absolute atomic E-state index is 0. The Morgan fingerprint density at radius 2 is 1.78 bits per heavy atom. The van der Waals surface area contributed by atoms with Crippen molar-refractivity contribution in [3.63, 3.8) is 0 Å². The molecule has 32 heavy (non-hydrogen) atoms. The zero-order valence-electron chi connectivity index (χ0n) is 17.9. The van der Waals surface area contributed by atoms with Crippen LogP contribution in [0.1, 0.15) is 49.1 Å². The van der Waals surface area contributed by atoms with Gasteiger partial charge in [-0.3, -0.25) is 14.6 Å². The van der Waals surface area contributed by atoms with Crippen LogP contribution < -0.4 is 16.4 Å². The van der Waals surface area contributed by atoms with Gasteiger partial charge in [-0.05, 0) is 79.8 Å². The number of aromatic nitrogens is 1. The predicted octanol–water partition coefficient (Wildman–Crippen LogP) is 4.08. The number of carbonyl (C=O) groups excluding carboxylic acids is 2. The molecule has 2 aliphatic carbocycles. The summed E-state index contributed by atoms with van der Waals surface area (Å²) in [6.45, 7) is 0.469. The third kappa shape index (κ3) is 5.80. The number of hydrogen-bond acceptors (Lipinski definition) is 4. The SMILES string of the molecule is Cl.NC(CNC(=O)C1CCc2cc(Cl)ccc21)C1CCC(C(=O)Nc2ccncc2)CC1. The number of rotatable bonds is 6. The van der Waals surface area contributed by atoms with Crippen molar-refractivity contribution in [2.75, 3.05) is 11.9 Å². The minimum Gasteiger partial charge on any atom is -0.354 e. The number of fused-ring (bicyclic) bond motifs is 1. The molecule has 0 saturated heterocycles. The van der Waals surface area contributed by atoms with Crippen molar-refractivity contribution in [2.24, 2.45) is 17.6 Å². The first-order valence-electron chi connectivity index (χ1n) is 11.0. The molecule has 2 aromatic rings. The first kappa shape index (κ1) is 24.5. The van der Waals surface area contributed by atoms with Crippen molar-refractivity contribution in [3.05, 3.63) is 58.9 Å². The molecule has 1 saturated carbocycles. The first-order chi connectivity index (χ1) is 15.0. The highest BCUT2D eigenvalue weighted by Gasteiger charge is 2.31. The van der Waals surface area contributed by atoms with E-state index in [4.69, 9.17) is 17.3 Å². The number of benzene rings is 1. The van der Waals surface area contributed by atoms with Crippen LogP contribution >= 0.6 is 24.0 Å². The Morgan fingerprint density at radius 1 is 1.06 bits per heavy atom. The highest BCUT2D eigenvalue weighted by Crippen LogP contribution is 2.35. The van der Waals surface area contributed by atoms with E-state index in [9.17, 15) is 9.59 Å². The van der Waals surface area contributed by atoms with Crippen molar-refractivity contribution in [3.8, 4) is 0 Å². The van der Waals surface area contributed by atoms with Crippen LogP contribution in [0, 0.1) is 11.8 Å². The van der Waals surface area contributed by atoms with E-state index in [1.807, 2.05) is 18.2 Å². The van der Waals surface area contributed by atoms with Gasteiger partial charge in [0.2, 0.25) is 11.8 Å². The maximum atomic E-state index is 12.7. The molecule has 0 spiro atoms. The number of nitrogens with one attached hydrogen (secondary N) is 2.